The zero-order valence-corrected chi connectivity index (χ0v) is 27.6. The number of hydrogen-bond acceptors (Lipinski definition) is 0. The van der Waals surface area contributed by atoms with E-state index < -0.39 is 0 Å². The second-order valence-corrected chi connectivity index (χ2v) is 12.8. The molecule has 0 N–H and O–H groups in total. The highest BCUT2D eigenvalue weighted by atomic mass is 14.3. The van der Waals surface area contributed by atoms with E-state index in [9.17, 15) is 0 Å². The Bertz CT molecular complexity index is 867. The van der Waals surface area contributed by atoms with Gasteiger partial charge in [0, 0.05) is 5.92 Å². The zero-order valence-electron chi connectivity index (χ0n) is 27.6. The van der Waals surface area contributed by atoms with Gasteiger partial charge in [-0.05, 0) is 119 Å². The van der Waals surface area contributed by atoms with Crippen LogP contribution in [0.3, 0.4) is 0 Å². The maximum Gasteiger partial charge on any atom is 0.00723 e. The summed E-state index contributed by atoms with van der Waals surface area (Å²) in [6.45, 7) is 31.4. The SMILES string of the molecule is CCC(C)c1cc(C(C)CC)c(C(C)c2c(C(C)CC)cc(C(C)CC)cc2C(C)CC)c(C(C)CC)c1. The van der Waals surface area contributed by atoms with Crippen LogP contribution < -0.4 is 0 Å². The van der Waals surface area contributed by atoms with Gasteiger partial charge >= 0.3 is 0 Å². The highest BCUT2D eigenvalue weighted by molar-refractivity contribution is 5.54. The molecule has 0 saturated carbocycles. The van der Waals surface area contributed by atoms with E-state index in [1.54, 1.807) is 44.5 Å². The van der Waals surface area contributed by atoms with Gasteiger partial charge in [-0.1, -0.05) is 114 Å². The van der Waals surface area contributed by atoms with E-state index in [0.717, 1.165) is 0 Å². The Kier molecular flexibility index (Phi) is 12.6. The summed E-state index contributed by atoms with van der Waals surface area (Å²) in [4.78, 5) is 0. The van der Waals surface area contributed by atoms with Crippen LogP contribution in [-0.4, -0.2) is 0 Å². The Morgan fingerprint density at radius 3 is 0.763 bits per heavy atom. The maximum atomic E-state index is 2.61. The Labute approximate surface area is 238 Å². The van der Waals surface area contributed by atoms with Crippen LogP contribution in [0, 0.1) is 0 Å². The first-order chi connectivity index (χ1) is 18.0. The van der Waals surface area contributed by atoms with Crippen LogP contribution in [0.4, 0.5) is 0 Å². The van der Waals surface area contributed by atoms with Crippen LogP contribution in [0.15, 0.2) is 24.3 Å². The Balaban J connectivity index is 3.04. The van der Waals surface area contributed by atoms with Gasteiger partial charge in [0.2, 0.25) is 0 Å². The Morgan fingerprint density at radius 1 is 0.368 bits per heavy atom. The summed E-state index contributed by atoms with van der Waals surface area (Å²) < 4.78 is 0. The summed E-state index contributed by atoms with van der Waals surface area (Å²) >= 11 is 0. The number of hydrogen-bond donors (Lipinski definition) is 0. The summed E-state index contributed by atoms with van der Waals surface area (Å²) in [5.41, 5.74) is 12.8. The monoisotopic (exact) mass is 518 g/mol. The first kappa shape index (κ1) is 32.7. The topological polar surface area (TPSA) is 0 Å². The van der Waals surface area contributed by atoms with Crippen LogP contribution in [-0.2, 0) is 0 Å². The molecule has 0 aliphatic carbocycles. The molecule has 0 nitrogen and oxygen atoms in total. The molecule has 2 aromatic rings. The molecule has 0 aliphatic rings. The van der Waals surface area contributed by atoms with Gasteiger partial charge in [0.1, 0.15) is 0 Å². The molecule has 2 aromatic carbocycles. The van der Waals surface area contributed by atoms with Crippen LogP contribution in [0.5, 0.6) is 0 Å². The summed E-state index contributed by atoms with van der Waals surface area (Å²) in [6.07, 6.45) is 7.14. The second-order valence-electron chi connectivity index (χ2n) is 12.8. The molecular formula is C38H62. The van der Waals surface area contributed by atoms with Gasteiger partial charge in [-0.15, -0.1) is 0 Å². The van der Waals surface area contributed by atoms with Crippen molar-refractivity contribution in [2.45, 2.75) is 170 Å². The van der Waals surface area contributed by atoms with Gasteiger partial charge < -0.3 is 0 Å². The number of rotatable bonds is 14. The minimum atomic E-state index is 0.396. The van der Waals surface area contributed by atoms with Crippen molar-refractivity contribution >= 4 is 0 Å². The Morgan fingerprint density at radius 2 is 0.579 bits per heavy atom. The average molecular weight is 519 g/mol. The highest BCUT2D eigenvalue weighted by Crippen LogP contribution is 2.46. The third kappa shape index (κ3) is 6.95. The van der Waals surface area contributed by atoms with Gasteiger partial charge in [-0.2, -0.15) is 0 Å². The van der Waals surface area contributed by atoms with Crippen molar-refractivity contribution in [3.8, 4) is 0 Å². The van der Waals surface area contributed by atoms with Gasteiger partial charge in [0.25, 0.3) is 0 Å². The van der Waals surface area contributed by atoms with Crippen LogP contribution in [0.1, 0.15) is 214 Å². The van der Waals surface area contributed by atoms with Gasteiger partial charge in [0.05, 0.1) is 0 Å². The normalized spacial score (nSPS) is 17.5. The summed E-state index contributed by atoms with van der Waals surface area (Å²) in [5.74, 6) is 3.87. The van der Waals surface area contributed by atoms with E-state index >= 15 is 0 Å². The molecule has 0 radical (unpaired) electrons. The predicted molar refractivity (Wildman–Crippen MR) is 173 cm³/mol. The zero-order chi connectivity index (χ0) is 28.7. The quantitative estimate of drug-likeness (QED) is 0.233. The lowest BCUT2D eigenvalue weighted by Crippen LogP contribution is -2.17. The van der Waals surface area contributed by atoms with Gasteiger partial charge in [-0.25, -0.2) is 0 Å². The maximum absolute atomic E-state index is 2.61. The fourth-order valence-corrected chi connectivity index (χ4v) is 6.14. The first-order valence-electron chi connectivity index (χ1n) is 16.4. The lowest BCUT2D eigenvalue weighted by molar-refractivity contribution is 0.644. The molecule has 214 valence electrons. The largest absolute Gasteiger partial charge is 0.0648 e. The molecule has 0 fully saturated rings. The minimum absolute atomic E-state index is 0.396. The molecule has 0 heteroatoms. The van der Waals surface area contributed by atoms with E-state index in [2.05, 4.69) is 114 Å². The van der Waals surface area contributed by atoms with Crippen molar-refractivity contribution in [2.75, 3.05) is 0 Å². The minimum Gasteiger partial charge on any atom is -0.0648 e. The van der Waals surface area contributed by atoms with Crippen LogP contribution in [0.25, 0.3) is 0 Å². The smallest absolute Gasteiger partial charge is 0.00723 e. The molecule has 0 saturated heterocycles. The first-order valence-corrected chi connectivity index (χ1v) is 16.4. The van der Waals surface area contributed by atoms with Gasteiger partial charge in [0.15, 0.2) is 0 Å². The Hall–Kier alpha value is -1.56. The van der Waals surface area contributed by atoms with E-state index in [-0.39, 0.29) is 0 Å². The summed E-state index contributed by atoms with van der Waals surface area (Å²) in [6, 6.07) is 10.4. The lowest BCUT2D eigenvalue weighted by atomic mass is 9.71. The van der Waals surface area contributed by atoms with E-state index in [0.29, 0.717) is 41.4 Å². The molecule has 0 spiro atoms. The fraction of sp³-hybridized carbons (Fsp3) is 0.684. The molecular weight excluding hydrogens is 456 g/mol. The molecule has 0 aliphatic heterocycles. The van der Waals surface area contributed by atoms with Crippen LogP contribution in [0.2, 0.25) is 0 Å². The van der Waals surface area contributed by atoms with Crippen molar-refractivity contribution in [2.24, 2.45) is 0 Å². The number of benzene rings is 2. The lowest BCUT2D eigenvalue weighted by Gasteiger charge is -2.33. The van der Waals surface area contributed by atoms with Crippen molar-refractivity contribution < 1.29 is 0 Å². The fourth-order valence-electron chi connectivity index (χ4n) is 6.14. The molecule has 6 atom stereocenters. The van der Waals surface area contributed by atoms with Crippen molar-refractivity contribution in [1.29, 1.82) is 0 Å². The van der Waals surface area contributed by atoms with Crippen molar-refractivity contribution in [3.05, 3.63) is 68.8 Å². The van der Waals surface area contributed by atoms with E-state index in [4.69, 9.17) is 0 Å². The highest BCUT2D eigenvalue weighted by Gasteiger charge is 2.29. The molecule has 0 aromatic heterocycles. The van der Waals surface area contributed by atoms with E-state index in [1.807, 2.05) is 0 Å². The van der Waals surface area contributed by atoms with Crippen molar-refractivity contribution in [3.63, 3.8) is 0 Å². The summed E-state index contributed by atoms with van der Waals surface area (Å²) in [7, 11) is 0. The summed E-state index contributed by atoms with van der Waals surface area (Å²) in [5, 5.41) is 0. The molecule has 0 heterocycles. The molecule has 38 heavy (non-hydrogen) atoms. The molecule has 0 bridgehead atoms. The van der Waals surface area contributed by atoms with Crippen LogP contribution >= 0.6 is 0 Å². The molecule has 6 unspecified atom stereocenters. The predicted octanol–water partition coefficient (Wildman–Crippen LogP) is 12.9. The molecule has 2 rings (SSSR count). The van der Waals surface area contributed by atoms with E-state index in [1.165, 1.54) is 38.5 Å². The second kappa shape index (κ2) is 14.7. The third-order valence-electron chi connectivity index (χ3n) is 10.3. The van der Waals surface area contributed by atoms with Crippen molar-refractivity contribution in [1.82, 2.24) is 0 Å². The van der Waals surface area contributed by atoms with Gasteiger partial charge in [-0.3, -0.25) is 0 Å². The standard InChI is InChI=1S/C38H62/c1-14-24(7)31-20-33(26(9)16-3)37(34(21-31)27(10)17-4)30(13)38-35(28(11)18-5)22-32(25(8)15-2)23-36(38)29(12)19-6/h20-30H,14-19H2,1-13H3. The average Bonchev–Trinajstić information content (AvgIpc) is 2.96. The third-order valence-corrected chi connectivity index (χ3v) is 10.3. The molecule has 0 amide bonds.